The van der Waals surface area contributed by atoms with Crippen molar-refractivity contribution in [1.29, 1.82) is 0 Å². The molecule has 0 aromatic rings. The van der Waals surface area contributed by atoms with Crippen molar-refractivity contribution in [3.8, 4) is 0 Å². The molecule has 1 aliphatic rings. The van der Waals surface area contributed by atoms with Gasteiger partial charge >= 0.3 is 5.97 Å². The van der Waals surface area contributed by atoms with Gasteiger partial charge in [0.2, 0.25) is 0 Å². The van der Waals surface area contributed by atoms with Crippen LogP contribution >= 0.6 is 0 Å². The highest BCUT2D eigenvalue weighted by Gasteiger charge is 2.44. The molecule has 0 amide bonds. The van der Waals surface area contributed by atoms with Gasteiger partial charge in [0.1, 0.15) is 0 Å². The van der Waals surface area contributed by atoms with Crippen LogP contribution in [0.25, 0.3) is 0 Å². The third-order valence-electron chi connectivity index (χ3n) is 2.03. The molecule has 0 aromatic carbocycles. The predicted molar refractivity (Wildman–Crippen MR) is 42.1 cm³/mol. The molecule has 0 radical (unpaired) electrons. The maximum atomic E-state index is 10.4. The number of aliphatic carboxylic acids is 1. The van der Waals surface area contributed by atoms with Crippen molar-refractivity contribution >= 4 is 5.97 Å². The predicted octanol–water partition coefficient (Wildman–Crippen LogP) is 0.834. The number of rotatable bonds is 3. The van der Waals surface area contributed by atoms with Crippen LogP contribution in [0, 0.1) is 11.8 Å². The quantitative estimate of drug-likeness (QED) is 0.638. The molecule has 64 valence electrons. The van der Waals surface area contributed by atoms with Crippen molar-refractivity contribution in [2.24, 2.45) is 17.6 Å². The van der Waals surface area contributed by atoms with Gasteiger partial charge in [-0.25, -0.2) is 0 Å². The molecule has 0 heterocycles. The van der Waals surface area contributed by atoms with E-state index in [9.17, 15) is 4.79 Å². The number of hydrogen-bond donors (Lipinski definition) is 2. The van der Waals surface area contributed by atoms with Crippen LogP contribution in [0.15, 0.2) is 0 Å². The van der Waals surface area contributed by atoms with Crippen molar-refractivity contribution in [1.82, 2.24) is 0 Å². The number of hydrogen-bond acceptors (Lipinski definition) is 2. The maximum absolute atomic E-state index is 10.4. The number of nitrogens with two attached hydrogens (primary N) is 1. The molecule has 11 heavy (non-hydrogen) atoms. The van der Waals surface area contributed by atoms with Gasteiger partial charge in [0, 0.05) is 5.54 Å². The van der Waals surface area contributed by atoms with Gasteiger partial charge in [0.25, 0.3) is 0 Å². The standard InChI is InChI=1S/C8H15NO2/c1-8(2,9)4-5-3-6(5)7(10)11/h5-6H,3-4,9H2,1-2H3,(H,10,11). The van der Waals surface area contributed by atoms with Gasteiger partial charge in [0.05, 0.1) is 5.92 Å². The fourth-order valence-corrected chi connectivity index (χ4v) is 1.45. The van der Waals surface area contributed by atoms with Gasteiger partial charge in [-0.2, -0.15) is 0 Å². The van der Waals surface area contributed by atoms with Crippen LogP contribution in [0.2, 0.25) is 0 Å². The van der Waals surface area contributed by atoms with Crippen LogP contribution in [0.5, 0.6) is 0 Å². The van der Waals surface area contributed by atoms with Gasteiger partial charge in [-0.1, -0.05) is 0 Å². The summed E-state index contributed by atoms with van der Waals surface area (Å²) >= 11 is 0. The average molecular weight is 157 g/mol. The van der Waals surface area contributed by atoms with Gasteiger partial charge in [-0.3, -0.25) is 4.79 Å². The van der Waals surface area contributed by atoms with E-state index in [-0.39, 0.29) is 11.5 Å². The third-order valence-corrected chi connectivity index (χ3v) is 2.03. The molecule has 0 saturated heterocycles. The fourth-order valence-electron chi connectivity index (χ4n) is 1.45. The van der Waals surface area contributed by atoms with Crippen molar-refractivity contribution in [2.45, 2.75) is 32.2 Å². The summed E-state index contributed by atoms with van der Waals surface area (Å²) in [6.07, 6.45) is 1.64. The van der Waals surface area contributed by atoms with Gasteiger partial charge < -0.3 is 10.8 Å². The third kappa shape index (κ3) is 2.50. The van der Waals surface area contributed by atoms with E-state index in [0.717, 1.165) is 12.8 Å². The molecule has 1 saturated carbocycles. The summed E-state index contributed by atoms with van der Waals surface area (Å²) in [6, 6.07) is 0. The van der Waals surface area contributed by atoms with Crippen molar-refractivity contribution in [3.05, 3.63) is 0 Å². The SMILES string of the molecule is CC(C)(N)CC1CC1C(=O)O. The molecule has 1 rings (SSSR count). The monoisotopic (exact) mass is 157 g/mol. The normalized spacial score (nSPS) is 30.1. The Balaban J connectivity index is 2.29. The second kappa shape index (κ2) is 2.48. The van der Waals surface area contributed by atoms with Crippen LogP contribution in [0.3, 0.4) is 0 Å². The highest BCUT2D eigenvalue weighted by atomic mass is 16.4. The Morgan fingerprint density at radius 1 is 1.73 bits per heavy atom. The molecule has 3 N–H and O–H groups in total. The zero-order valence-electron chi connectivity index (χ0n) is 7.00. The number of carboxylic acid groups (broad SMARTS) is 1. The van der Waals surface area contributed by atoms with E-state index in [2.05, 4.69) is 0 Å². The van der Waals surface area contributed by atoms with Crippen molar-refractivity contribution in [2.75, 3.05) is 0 Å². The largest absolute Gasteiger partial charge is 0.481 e. The van der Waals surface area contributed by atoms with Gasteiger partial charge in [0.15, 0.2) is 0 Å². The summed E-state index contributed by atoms with van der Waals surface area (Å²) in [5.74, 6) is -0.454. The van der Waals surface area contributed by atoms with Crippen LogP contribution in [0.4, 0.5) is 0 Å². The zero-order valence-corrected chi connectivity index (χ0v) is 7.00. The molecular formula is C8H15NO2. The summed E-state index contributed by atoms with van der Waals surface area (Å²) < 4.78 is 0. The lowest BCUT2D eigenvalue weighted by Crippen LogP contribution is -2.32. The van der Waals surface area contributed by atoms with Crippen LogP contribution in [0.1, 0.15) is 26.7 Å². The second-order valence-corrected chi connectivity index (χ2v) is 4.13. The van der Waals surface area contributed by atoms with Crippen molar-refractivity contribution in [3.63, 3.8) is 0 Å². The van der Waals surface area contributed by atoms with Crippen molar-refractivity contribution < 1.29 is 9.90 Å². The Hall–Kier alpha value is -0.570. The van der Waals surface area contributed by atoms with Gasteiger partial charge in [-0.05, 0) is 32.6 Å². The van der Waals surface area contributed by atoms with E-state index >= 15 is 0 Å². The Morgan fingerprint density at radius 2 is 2.27 bits per heavy atom. The molecule has 3 heteroatoms. The van der Waals surface area contributed by atoms with E-state index in [1.807, 2.05) is 13.8 Å². The van der Waals surface area contributed by atoms with Crippen LogP contribution in [-0.4, -0.2) is 16.6 Å². The van der Waals surface area contributed by atoms with Crippen LogP contribution in [-0.2, 0) is 4.79 Å². The minimum Gasteiger partial charge on any atom is -0.481 e. The van der Waals surface area contributed by atoms with E-state index in [0.29, 0.717) is 5.92 Å². The summed E-state index contributed by atoms with van der Waals surface area (Å²) in [5, 5.41) is 8.58. The molecular weight excluding hydrogens is 142 g/mol. The zero-order chi connectivity index (χ0) is 8.65. The average Bonchev–Trinajstić information content (AvgIpc) is 2.40. The molecule has 1 fully saturated rings. The summed E-state index contributed by atoms with van der Waals surface area (Å²) in [4.78, 5) is 10.4. The number of carbonyl (C=O) groups is 1. The lowest BCUT2D eigenvalue weighted by molar-refractivity contribution is -0.138. The Morgan fingerprint density at radius 3 is 2.55 bits per heavy atom. The summed E-state index contributed by atoms with van der Waals surface area (Å²) in [6.45, 7) is 3.87. The first kappa shape index (κ1) is 8.53. The first-order chi connectivity index (χ1) is 4.90. The maximum Gasteiger partial charge on any atom is 0.306 e. The summed E-state index contributed by atoms with van der Waals surface area (Å²) in [7, 11) is 0. The molecule has 2 unspecified atom stereocenters. The molecule has 2 atom stereocenters. The van der Waals surface area contributed by atoms with E-state index in [1.165, 1.54) is 0 Å². The Bertz CT molecular complexity index is 171. The van der Waals surface area contributed by atoms with E-state index < -0.39 is 5.97 Å². The molecule has 0 bridgehead atoms. The topological polar surface area (TPSA) is 63.3 Å². The fraction of sp³-hybridized carbons (Fsp3) is 0.875. The number of carboxylic acids is 1. The van der Waals surface area contributed by atoms with Gasteiger partial charge in [-0.15, -0.1) is 0 Å². The summed E-state index contributed by atoms with van der Waals surface area (Å²) in [5.41, 5.74) is 5.53. The second-order valence-electron chi connectivity index (χ2n) is 4.13. The molecule has 0 aliphatic heterocycles. The van der Waals surface area contributed by atoms with E-state index in [4.69, 9.17) is 10.8 Å². The Labute approximate surface area is 66.6 Å². The van der Waals surface area contributed by atoms with Crippen LogP contribution < -0.4 is 5.73 Å². The smallest absolute Gasteiger partial charge is 0.306 e. The highest BCUT2D eigenvalue weighted by Crippen LogP contribution is 2.43. The first-order valence-corrected chi connectivity index (χ1v) is 3.92. The molecule has 3 nitrogen and oxygen atoms in total. The minimum atomic E-state index is -0.667. The Kier molecular flexibility index (Phi) is 1.92. The first-order valence-electron chi connectivity index (χ1n) is 3.92. The van der Waals surface area contributed by atoms with E-state index in [1.54, 1.807) is 0 Å². The lowest BCUT2D eigenvalue weighted by Gasteiger charge is -2.17. The highest BCUT2D eigenvalue weighted by molar-refractivity contribution is 5.73. The lowest BCUT2D eigenvalue weighted by atomic mass is 9.98. The molecule has 1 aliphatic carbocycles. The molecule has 0 spiro atoms. The molecule has 0 aromatic heterocycles. The minimum absolute atomic E-state index is 0.113.